The van der Waals surface area contributed by atoms with E-state index in [1.54, 1.807) is 10.8 Å². The lowest BCUT2D eigenvalue weighted by Gasteiger charge is -2.07. The minimum Gasteiger partial charge on any atom is -0.0817 e. The summed E-state index contributed by atoms with van der Waals surface area (Å²) < 4.78 is 0. The molecule has 0 N–H and O–H groups in total. The smallest absolute Gasteiger partial charge is 0.00455 e. The molecule has 0 aliphatic heterocycles. The van der Waals surface area contributed by atoms with E-state index in [-0.39, 0.29) is 0 Å². The molecule has 0 bridgehead atoms. The Morgan fingerprint density at radius 3 is 2.60 bits per heavy atom. The number of hydrogen-bond acceptors (Lipinski definition) is 1. The molecule has 0 nitrogen and oxygen atoms in total. The zero-order valence-electron chi connectivity index (χ0n) is 6.93. The molecule has 0 spiro atoms. The molecule has 0 saturated heterocycles. The van der Waals surface area contributed by atoms with E-state index in [1.807, 2.05) is 0 Å². The predicted octanol–water partition coefficient (Wildman–Crippen LogP) is 4.05. The van der Waals surface area contributed by atoms with Gasteiger partial charge in [-0.1, -0.05) is 37.5 Å². The van der Waals surface area contributed by atoms with Crippen LogP contribution in [0.25, 0.3) is 0 Å². The Bertz CT molecular complexity index is 64.3. The zero-order valence-corrected chi connectivity index (χ0v) is 8.56. The van der Waals surface area contributed by atoms with Crippen molar-refractivity contribution >= 4 is 22.5 Å². The van der Waals surface area contributed by atoms with Crippen molar-refractivity contribution in [2.75, 3.05) is 5.75 Å². The highest BCUT2D eigenvalue weighted by Crippen LogP contribution is 2.15. The number of hydrogen-bond donors (Lipinski definition) is 0. The van der Waals surface area contributed by atoms with Crippen LogP contribution < -0.4 is 0 Å². The van der Waals surface area contributed by atoms with Crippen molar-refractivity contribution in [2.24, 2.45) is 5.92 Å². The first-order valence-corrected chi connectivity index (χ1v) is 5.97. The maximum Gasteiger partial charge on any atom is 0.00455 e. The molecule has 10 heavy (non-hydrogen) atoms. The topological polar surface area (TPSA) is 0 Å². The van der Waals surface area contributed by atoms with Crippen molar-refractivity contribution in [3.63, 3.8) is 0 Å². The number of rotatable bonds is 6. The van der Waals surface area contributed by atoms with E-state index in [4.69, 9.17) is 11.7 Å². The van der Waals surface area contributed by atoms with Crippen LogP contribution in [0.15, 0.2) is 0 Å². The van der Waals surface area contributed by atoms with Crippen LogP contribution in [0.1, 0.15) is 39.5 Å². The van der Waals surface area contributed by atoms with Gasteiger partial charge in [0.05, 0.1) is 0 Å². The molecule has 0 aromatic rings. The monoisotopic (exact) mass is 177 g/mol. The molecule has 0 saturated carbocycles. The molecule has 0 heterocycles. The van der Waals surface area contributed by atoms with Crippen molar-refractivity contribution in [3.05, 3.63) is 0 Å². The van der Waals surface area contributed by atoms with Gasteiger partial charge in [-0.15, -0.1) is 0 Å². The molecule has 0 aromatic heterocycles. The highest BCUT2D eigenvalue weighted by Gasteiger charge is 1.98. The lowest BCUT2D eigenvalue weighted by atomic mass is 10.0. The second-order valence-electron chi connectivity index (χ2n) is 2.86. The van der Waals surface area contributed by atoms with Crippen molar-refractivity contribution in [2.45, 2.75) is 39.5 Å². The van der Waals surface area contributed by atoms with Gasteiger partial charge >= 0.3 is 0 Å². The second kappa shape index (κ2) is 7.80. The van der Waals surface area contributed by atoms with Crippen LogP contribution in [0, 0.1) is 5.92 Å². The van der Waals surface area contributed by atoms with E-state index in [9.17, 15) is 0 Å². The quantitative estimate of drug-likeness (QED) is 0.436. The summed E-state index contributed by atoms with van der Waals surface area (Å²) in [6, 6.07) is 0. The van der Waals surface area contributed by atoms with Crippen molar-refractivity contribution in [3.8, 4) is 0 Å². The molecule has 1 atom stereocenters. The molecule has 61 valence electrons. The summed E-state index contributed by atoms with van der Waals surface area (Å²) in [6.45, 7) is 4.58. The van der Waals surface area contributed by atoms with E-state index < -0.39 is 0 Å². The third-order valence-electron chi connectivity index (χ3n) is 1.71. The summed E-state index contributed by atoms with van der Waals surface area (Å²) in [7, 11) is 1.55. The Morgan fingerprint density at radius 2 is 2.10 bits per heavy atom. The van der Waals surface area contributed by atoms with Gasteiger partial charge in [0.25, 0.3) is 0 Å². The van der Waals surface area contributed by atoms with E-state index in [0.717, 1.165) is 11.7 Å². The van der Waals surface area contributed by atoms with Gasteiger partial charge in [-0.05, 0) is 30.4 Å². The summed E-state index contributed by atoms with van der Waals surface area (Å²) in [5, 5.41) is 0. The normalized spacial score (nSPS) is 13.5. The molecule has 0 aliphatic rings. The minimum absolute atomic E-state index is 0.909. The van der Waals surface area contributed by atoms with Gasteiger partial charge in [0.1, 0.15) is 0 Å². The van der Waals surface area contributed by atoms with E-state index >= 15 is 0 Å². The van der Waals surface area contributed by atoms with Gasteiger partial charge in [-0.2, -0.15) is 0 Å². The Morgan fingerprint density at radius 1 is 1.40 bits per heavy atom. The fourth-order valence-electron chi connectivity index (χ4n) is 1.13. The maximum atomic E-state index is 4.79. The van der Waals surface area contributed by atoms with Crippen LogP contribution in [0.4, 0.5) is 0 Å². The Balaban J connectivity index is 2.97. The fourth-order valence-corrected chi connectivity index (χ4v) is 1.77. The predicted molar refractivity (Wildman–Crippen MR) is 53.4 cm³/mol. The lowest BCUT2D eigenvalue weighted by Crippen LogP contribution is -1.93. The first-order chi connectivity index (χ1) is 4.81. The Hall–Kier alpha value is 0.700. The van der Waals surface area contributed by atoms with Gasteiger partial charge in [-0.25, -0.2) is 0 Å². The van der Waals surface area contributed by atoms with Crippen LogP contribution in [-0.4, -0.2) is 5.75 Å². The fraction of sp³-hybridized carbons (Fsp3) is 1.00. The summed E-state index contributed by atoms with van der Waals surface area (Å²) in [5.41, 5.74) is 0. The van der Waals surface area contributed by atoms with Crippen LogP contribution in [0.5, 0.6) is 0 Å². The molecule has 0 amide bonds. The molecule has 1 radical (unpaired) electrons. The molecule has 0 aromatic carbocycles. The highest BCUT2D eigenvalue weighted by molar-refractivity contribution is 8.68. The van der Waals surface area contributed by atoms with Gasteiger partial charge in [-0.3, -0.25) is 0 Å². The first kappa shape index (κ1) is 10.7. The zero-order chi connectivity index (χ0) is 7.82. The summed E-state index contributed by atoms with van der Waals surface area (Å²) >= 11 is 4.79. The van der Waals surface area contributed by atoms with Crippen molar-refractivity contribution in [1.82, 2.24) is 0 Å². The van der Waals surface area contributed by atoms with E-state index in [2.05, 4.69) is 13.8 Å². The molecular formula is C8H17S2. The van der Waals surface area contributed by atoms with Crippen molar-refractivity contribution in [1.29, 1.82) is 0 Å². The lowest BCUT2D eigenvalue weighted by molar-refractivity contribution is 0.482. The second-order valence-corrected chi connectivity index (χ2v) is 4.21. The molecule has 0 aliphatic carbocycles. The highest BCUT2D eigenvalue weighted by atomic mass is 33.1. The van der Waals surface area contributed by atoms with Gasteiger partial charge < -0.3 is 0 Å². The maximum absolute atomic E-state index is 4.79. The third-order valence-corrected chi connectivity index (χ3v) is 2.66. The Kier molecular flexibility index (Phi) is 8.35. The molecule has 0 rings (SSSR count). The van der Waals surface area contributed by atoms with E-state index in [1.165, 1.54) is 25.7 Å². The average Bonchev–Trinajstić information content (AvgIpc) is 1.89. The summed E-state index contributed by atoms with van der Waals surface area (Å²) in [6.07, 6.45) is 5.36. The first-order valence-electron chi connectivity index (χ1n) is 4.06. The van der Waals surface area contributed by atoms with E-state index in [0.29, 0.717) is 0 Å². The minimum atomic E-state index is 0.909. The van der Waals surface area contributed by atoms with Gasteiger partial charge in [0.2, 0.25) is 0 Å². The summed E-state index contributed by atoms with van der Waals surface area (Å²) in [5.74, 6) is 2.07. The van der Waals surface area contributed by atoms with Gasteiger partial charge in [0, 0.05) is 5.75 Å². The average molecular weight is 177 g/mol. The van der Waals surface area contributed by atoms with Crippen molar-refractivity contribution < 1.29 is 0 Å². The Labute approximate surface area is 74.0 Å². The third kappa shape index (κ3) is 6.81. The van der Waals surface area contributed by atoms with Gasteiger partial charge in [0.15, 0.2) is 0 Å². The molecular weight excluding hydrogens is 160 g/mol. The van der Waals surface area contributed by atoms with Crippen LogP contribution in [0.2, 0.25) is 0 Å². The summed E-state index contributed by atoms with van der Waals surface area (Å²) in [4.78, 5) is 0. The SMILES string of the molecule is CCCC(C)CCCS[S]. The largest absolute Gasteiger partial charge is 0.0817 e. The standard InChI is InChI=1S/C8H17S2/c1-3-5-8(2)6-4-7-10-9/h8H,3-7H2,1-2H3. The molecule has 2 heteroatoms. The molecule has 0 fully saturated rings. The van der Waals surface area contributed by atoms with Crippen LogP contribution in [0.3, 0.4) is 0 Å². The molecule has 1 unspecified atom stereocenters. The van der Waals surface area contributed by atoms with Crippen LogP contribution >= 0.6 is 22.5 Å². The van der Waals surface area contributed by atoms with Crippen LogP contribution in [-0.2, 0) is 0 Å².